The number of hydrogen-bond donors (Lipinski definition) is 2. The number of hydrogen-bond acceptors (Lipinski definition) is 8. The Balaban J connectivity index is 1.34. The second kappa shape index (κ2) is 10.2. The monoisotopic (exact) mass is 499 g/mol. The molecule has 1 fully saturated rings. The summed E-state index contributed by atoms with van der Waals surface area (Å²) in [6.07, 6.45) is 7.05. The maximum absolute atomic E-state index is 12.6. The summed E-state index contributed by atoms with van der Waals surface area (Å²) in [4.78, 5) is 34.3. The minimum absolute atomic E-state index is 0.0459. The first-order chi connectivity index (χ1) is 17.4. The number of carbonyl (C=O) groups is 1. The fourth-order valence-corrected chi connectivity index (χ4v) is 4.71. The number of thioether (sulfide) groups is 1. The maximum atomic E-state index is 12.6. The van der Waals surface area contributed by atoms with Crippen LogP contribution in [0, 0.1) is 0 Å². The number of fused-ring (bicyclic) bond motifs is 1. The second-order valence-electron chi connectivity index (χ2n) is 9.47. The average Bonchev–Trinajstić information content (AvgIpc) is 2.90. The lowest BCUT2D eigenvalue weighted by Gasteiger charge is -2.39. The van der Waals surface area contributed by atoms with E-state index in [1.54, 1.807) is 30.4 Å². The zero-order valence-corrected chi connectivity index (χ0v) is 21.5. The van der Waals surface area contributed by atoms with E-state index in [2.05, 4.69) is 45.4 Å². The molecule has 36 heavy (non-hydrogen) atoms. The largest absolute Gasteiger partial charge is 0.353 e. The molecule has 1 aliphatic heterocycles. The number of rotatable bonds is 6. The van der Waals surface area contributed by atoms with Crippen molar-refractivity contribution in [2.45, 2.75) is 30.8 Å². The molecule has 4 aromatic heterocycles. The molecule has 0 bridgehead atoms. The van der Waals surface area contributed by atoms with Crippen molar-refractivity contribution in [1.29, 1.82) is 0 Å². The Labute approximate surface area is 215 Å². The van der Waals surface area contributed by atoms with Crippen LogP contribution in [-0.4, -0.2) is 57.3 Å². The van der Waals surface area contributed by atoms with Crippen LogP contribution in [0.3, 0.4) is 0 Å². The van der Waals surface area contributed by atoms with Crippen molar-refractivity contribution in [3.8, 4) is 11.4 Å². The van der Waals surface area contributed by atoms with Crippen LogP contribution in [0.1, 0.15) is 29.9 Å². The molecule has 2 N–H and O–H groups in total. The molecule has 9 heteroatoms. The number of nitrogens with zero attached hydrogens (tertiary/aromatic N) is 5. The van der Waals surface area contributed by atoms with Crippen LogP contribution in [0.25, 0.3) is 22.3 Å². The van der Waals surface area contributed by atoms with Gasteiger partial charge in [-0.2, -0.15) is 0 Å². The summed E-state index contributed by atoms with van der Waals surface area (Å²) in [6.45, 7) is 7.46. The van der Waals surface area contributed by atoms with Gasteiger partial charge in [0, 0.05) is 54.0 Å². The number of carbonyl (C=O) groups excluding carboxylic acids is 1. The Morgan fingerprint density at radius 3 is 2.81 bits per heavy atom. The van der Waals surface area contributed by atoms with Gasteiger partial charge in [-0.05, 0) is 56.5 Å². The van der Waals surface area contributed by atoms with Crippen LogP contribution in [0.4, 0.5) is 5.82 Å². The van der Waals surface area contributed by atoms with Crippen LogP contribution in [0.5, 0.6) is 0 Å². The molecule has 5 heterocycles. The topological polar surface area (TPSA) is 95.9 Å². The van der Waals surface area contributed by atoms with Crippen molar-refractivity contribution in [2.24, 2.45) is 0 Å². The number of nitrogens with one attached hydrogen (secondary N) is 2. The van der Waals surface area contributed by atoms with Crippen molar-refractivity contribution < 1.29 is 4.79 Å². The van der Waals surface area contributed by atoms with Crippen molar-refractivity contribution >= 4 is 34.4 Å². The summed E-state index contributed by atoms with van der Waals surface area (Å²) in [5, 5.41) is 7.41. The van der Waals surface area contributed by atoms with Gasteiger partial charge in [-0.25, -0.2) is 9.97 Å². The van der Waals surface area contributed by atoms with Crippen molar-refractivity contribution in [3.05, 3.63) is 72.3 Å². The standard InChI is InChI=1S/C27H29N7OS/c1-27(2)17-34(10-9-31-27)25-6-4-5-22(33-25)23-8-7-18-14-29-20(12-24(18)32-23)15-30-26(35)19-11-21(36-3)16-28-13-19/h4-8,11-14,16,31H,9-10,15,17H2,1-3H3,(H,30,35). The molecule has 1 amide bonds. The summed E-state index contributed by atoms with van der Waals surface area (Å²) in [5.41, 5.74) is 3.76. The van der Waals surface area contributed by atoms with E-state index >= 15 is 0 Å². The summed E-state index contributed by atoms with van der Waals surface area (Å²) in [7, 11) is 0. The van der Waals surface area contributed by atoms with Gasteiger partial charge in [-0.15, -0.1) is 11.8 Å². The van der Waals surface area contributed by atoms with Gasteiger partial charge >= 0.3 is 0 Å². The van der Waals surface area contributed by atoms with Crippen molar-refractivity contribution in [2.75, 3.05) is 30.8 Å². The fraction of sp³-hybridized carbons (Fsp3) is 0.296. The van der Waals surface area contributed by atoms with E-state index in [4.69, 9.17) is 9.97 Å². The Bertz CT molecular complexity index is 1410. The number of pyridine rings is 4. The summed E-state index contributed by atoms with van der Waals surface area (Å²) in [5.74, 6) is 0.779. The molecule has 4 aromatic rings. The van der Waals surface area contributed by atoms with Gasteiger partial charge in [-0.3, -0.25) is 14.8 Å². The van der Waals surface area contributed by atoms with Gasteiger partial charge in [0.2, 0.25) is 0 Å². The van der Waals surface area contributed by atoms with Gasteiger partial charge in [-0.1, -0.05) is 6.07 Å². The van der Waals surface area contributed by atoms with Gasteiger partial charge < -0.3 is 15.5 Å². The first-order valence-electron chi connectivity index (χ1n) is 11.9. The zero-order valence-electron chi connectivity index (χ0n) is 20.7. The molecule has 0 radical (unpaired) electrons. The lowest BCUT2D eigenvalue weighted by atomic mass is 10.0. The van der Waals surface area contributed by atoms with E-state index in [0.29, 0.717) is 12.1 Å². The van der Waals surface area contributed by atoms with Gasteiger partial charge in [0.15, 0.2) is 0 Å². The molecule has 0 aromatic carbocycles. The molecule has 0 aliphatic carbocycles. The average molecular weight is 500 g/mol. The normalized spacial score (nSPS) is 15.1. The first kappa shape index (κ1) is 24.1. The highest BCUT2D eigenvalue weighted by molar-refractivity contribution is 7.98. The predicted molar refractivity (Wildman–Crippen MR) is 144 cm³/mol. The lowest BCUT2D eigenvalue weighted by molar-refractivity contribution is 0.0950. The fourth-order valence-electron chi connectivity index (χ4n) is 4.30. The van der Waals surface area contributed by atoms with E-state index in [9.17, 15) is 4.79 Å². The number of amides is 1. The number of piperazine rings is 1. The summed E-state index contributed by atoms with van der Waals surface area (Å²) in [6, 6.07) is 13.8. The van der Waals surface area contributed by atoms with Crippen LogP contribution >= 0.6 is 11.8 Å². The molecule has 0 saturated carbocycles. The van der Waals surface area contributed by atoms with E-state index in [1.165, 1.54) is 0 Å². The van der Waals surface area contributed by atoms with E-state index in [1.807, 2.05) is 42.7 Å². The van der Waals surface area contributed by atoms with E-state index in [-0.39, 0.29) is 11.4 Å². The Morgan fingerprint density at radius 2 is 1.97 bits per heavy atom. The molecular formula is C27H29N7OS. The molecular weight excluding hydrogens is 470 g/mol. The third-order valence-electron chi connectivity index (χ3n) is 6.16. The maximum Gasteiger partial charge on any atom is 0.253 e. The predicted octanol–water partition coefficient (Wildman–Crippen LogP) is 3.93. The highest BCUT2D eigenvalue weighted by atomic mass is 32.2. The third-order valence-corrected chi connectivity index (χ3v) is 6.86. The van der Waals surface area contributed by atoms with Crippen LogP contribution in [0.15, 0.2) is 66.0 Å². The van der Waals surface area contributed by atoms with E-state index in [0.717, 1.165) is 58.3 Å². The van der Waals surface area contributed by atoms with Gasteiger partial charge in [0.1, 0.15) is 5.82 Å². The highest BCUT2D eigenvalue weighted by Crippen LogP contribution is 2.24. The molecule has 0 unspecified atom stereocenters. The van der Waals surface area contributed by atoms with Crippen LogP contribution in [-0.2, 0) is 6.54 Å². The quantitative estimate of drug-likeness (QED) is 0.386. The van der Waals surface area contributed by atoms with Gasteiger partial charge in [0.05, 0.1) is 34.7 Å². The molecule has 0 spiro atoms. The Hall–Kier alpha value is -3.56. The zero-order chi connectivity index (χ0) is 25.1. The second-order valence-corrected chi connectivity index (χ2v) is 10.4. The molecule has 1 aliphatic rings. The molecule has 5 rings (SSSR count). The third kappa shape index (κ3) is 5.47. The minimum Gasteiger partial charge on any atom is -0.353 e. The molecule has 184 valence electrons. The SMILES string of the molecule is CSc1cncc(C(=O)NCc2cc3nc(-c4cccc(N5CCNC(C)(C)C5)n4)ccc3cn2)c1. The first-order valence-corrected chi connectivity index (χ1v) is 13.1. The molecule has 1 saturated heterocycles. The van der Waals surface area contributed by atoms with Crippen LogP contribution in [0.2, 0.25) is 0 Å². The number of anilines is 1. The van der Waals surface area contributed by atoms with E-state index < -0.39 is 0 Å². The lowest BCUT2D eigenvalue weighted by Crippen LogP contribution is -2.57. The Kier molecular flexibility index (Phi) is 6.84. The van der Waals surface area contributed by atoms with Crippen molar-refractivity contribution in [3.63, 3.8) is 0 Å². The Morgan fingerprint density at radius 1 is 1.11 bits per heavy atom. The van der Waals surface area contributed by atoms with Crippen LogP contribution < -0.4 is 15.5 Å². The highest BCUT2D eigenvalue weighted by Gasteiger charge is 2.26. The molecule has 0 atom stereocenters. The number of aromatic nitrogens is 4. The van der Waals surface area contributed by atoms with Gasteiger partial charge in [0.25, 0.3) is 5.91 Å². The van der Waals surface area contributed by atoms with Crippen molar-refractivity contribution in [1.82, 2.24) is 30.6 Å². The summed E-state index contributed by atoms with van der Waals surface area (Å²) < 4.78 is 0. The minimum atomic E-state index is -0.181. The smallest absolute Gasteiger partial charge is 0.253 e. The summed E-state index contributed by atoms with van der Waals surface area (Å²) >= 11 is 1.55. The molecule has 8 nitrogen and oxygen atoms in total.